The van der Waals surface area contributed by atoms with Crippen LogP contribution >= 0.6 is 15.9 Å². The first-order chi connectivity index (χ1) is 14.7. The van der Waals surface area contributed by atoms with Crippen LogP contribution in [-0.2, 0) is 0 Å². The lowest BCUT2D eigenvalue weighted by Crippen LogP contribution is -2.14. The van der Waals surface area contributed by atoms with Gasteiger partial charge in [-0.05, 0) is 67.8 Å². The van der Waals surface area contributed by atoms with E-state index < -0.39 is 4.95 Å². The fraction of sp³-hybridized carbons (Fsp3) is 0.273. The van der Waals surface area contributed by atoms with Crippen LogP contribution in [-0.4, -0.2) is 33.8 Å². The second-order valence-corrected chi connectivity index (χ2v) is 7.36. The van der Waals surface area contributed by atoms with Crippen molar-refractivity contribution in [1.29, 1.82) is 5.26 Å². The Morgan fingerprint density at radius 1 is 1.00 bits per heavy atom. The summed E-state index contributed by atoms with van der Waals surface area (Å²) in [6.45, 7) is 1.23. The number of unbranched alkanes of at least 4 members (excludes halogenated alkanes) is 2. The Labute approximate surface area is 183 Å². The molecular weight excluding hydrogens is 448 g/mol. The first kappa shape index (κ1) is 21.5. The van der Waals surface area contributed by atoms with Crippen LogP contribution in [0.2, 0.25) is 0 Å². The number of aromatic nitrogens is 3. The van der Waals surface area contributed by atoms with Crippen molar-refractivity contribution < 1.29 is 14.3 Å². The van der Waals surface area contributed by atoms with Gasteiger partial charge in [0.25, 0.3) is 0 Å². The summed E-state index contributed by atoms with van der Waals surface area (Å²) in [4.78, 5) is 15.7. The highest BCUT2D eigenvalue weighted by molar-refractivity contribution is 9.09. The van der Waals surface area contributed by atoms with Crippen molar-refractivity contribution in [3.63, 3.8) is 0 Å². The molecule has 1 heterocycles. The number of carbonyl (C=O) groups is 1. The second-order valence-electron chi connectivity index (χ2n) is 6.49. The van der Waals surface area contributed by atoms with Crippen molar-refractivity contribution in [3.8, 4) is 17.6 Å². The van der Waals surface area contributed by atoms with Gasteiger partial charge in [0.15, 0.2) is 10.7 Å². The summed E-state index contributed by atoms with van der Waals surface area (Å²) >= 11 is 3.34. The molecule has 0 amide bonds. The van der Waals surface area contributed by atoms with Crippen molar-refractivity contribution in [2.75, 3.05) is 13.2 Å². The molecule has 2 aromatic carbocycles. The smallest absolute Gasteiger partial charge is 0.198 e. The molecule has 0 fully saturated rings. The number of alkyl halides is 1. The fourth-order valence-electron chi connectivity index (χ4n) is 2.69. The van der Waals surface area contributed by atoms with Gasteiger partial charge in [-0.3, -0.25) is 4.79 Å². The number of benzene rings is 2. The normalized spacial score (nSPS) is 11.5. The van der Waals surface area contributed by atoms with Gasteiger partial charge in [-0.1, -0.05) is 15.9 Å². The SMILES string of the molecule is N#Cc1ccc(OCCCCCOc2ccc(C(=O)C(Br)n3cncn3)cc2)cc1. The summed E-state index contributed by atoms with van der Waals surface area (Å²) < 4.78 is 12.9. The van der Waals surface area contributed by atoms with Crippen LogP contribution in [0.4, 0.5) is 0 Å². The topological polar surface area (TPSA) is 90.0 Å². The van der Waals surface area contributed by atoms with Gasteiger partial charge in [-0.2, -0.15) is 10.4 Å². The Kier molecular flexibility index (Phi) is 7.98. The zero-order valence-electron chi connectivity index (χ0n) is 16.3. The van der Waals surface area contributed by atoms with E-state index in [1.807, 2.05) is 0 Å². The first-order valence-electron chi connectivity index (χ1n) is 9.55. The molecule has 0 saturated heterocycles. The molecular formula is C22H21BrN4O3. The lowest BCUT2D eigenvalue weighted by Gasteiger charge is -2.10. The number of rotatable bonds is 11. The summed E-state index contributed by atoms with van der Waals surface area (Å²) in [5.41, 5.74) is 1.19. The van der Waals surface area contributed by atoms with Gasteiger partial charge in [-0.15, -0.1) is 0 Å². The summed E-state index contributed by atoms with van der Waals surface area (Å²) in [5.74, 6) is 1.40. The maximum absolute atomic E-state index is 12.4. The molecule has 0 aliphatic carbocycles. The Morgan fingerprint density at radius 3 is 2.13 bits per heavy atom. The number of halogens is 1. The number of nitriles is 1. The summed E-state index contributed by atoms with van der Waals surface area (Å²) in [7, 11) is 0. The third-order valence-corrected chi connectivity index (χ3v) is 5.17. The molecule has 0 radical (unpaired) electrons. The quantitative estimate of drug-likeness (QED) is 0.233. The number of ketones is 1. The maximum Gasteiger partial charge on any atom is 0.198 e. The number of nitrogens with zero attached hydrogens (tertiary/aromatic N) is 4. The van der Waals surface area contributed by atoms with E-state index in [0.29, 0.717) is 24.3 Å². The van der Waals surface area contributed by atoms with E-state index in [4.69, 9.17) is 14.7 Å². The molecule has 0 aliphatic heterocycles. The molecule has 0 saturated carbocycles. The molecule has 1 atom stereocenters. The van der Waals surface area contributed by atoms with Crippen LogP contribution < -0.4 is 9.47 Å². The number of Topliss-reactive ketones (excluding diaryl/α,β-unsaturated/α-hetero) is 1. The zero-order valence-corrected chi connectivity index (χ0v) is 17.9. The van der Waals surface area contributed by atoms with Crippen molar-refractivity contribution in [2.24, 2.45) is 0 Å². The predicted molar refractivity (Wildman–Crippen MR) is 115 cm³/mol. The second kappa shape index (κ2) is 11.1. The van der Waals surface area contributed by atoms with E-state index in [2.05, 4.69) is 32.1 Å². The third-order valence-electron chi connectivity index (χ3n) is 4.33. The first-order valence-corrected chi connectivity index (χ1v) is 10.5. The molecule has 1 unspecified atom stereocenters. The van der Waals surface area contributed by atoms with Gasteiger partial charge in [0.05, 0.1) is 24.8 Å². The highest BCUT2D eigenvalue weighted by atomic mass is 79.9. The summed E-state index contributed by atoms with van der Waals surface area (Å²) in [6, 6.07) is 16.3. The minimum atomic E-state index is -0.585. The Morgan fingerprint density at radius 2 is 1.60 bits per heavy atom. The molecule has 0 aliphatic rings. The Balaban J connectivity index is 1.32. The highest BCUT2D eigenvalue weighted by Gasteiger charge is 2.19. The van der Waals surface area contributed by atoms with E-state index in [-0.39, 0.29) is 5.78 Å². The van der Waals surface area contributed by atoms with Crippen LogP contribution in [0.15, 0.2) is 61.2 Å². The molecule has 0 spiro atoms. The average Bonchev–Trinajstić information content (AvgIpc) is 3.33. The minimum Gasteiger partial charge on any atom is -0.494 e. The number of hydrogen-bond donors (Lipinski definition) is 0. The van der Waals surface area contributed by atoms with Gasteiger partial charge in [-0.25, -0.2) is 9.67 Å². The standard InChI is InChI=1S/C22H21BrN4O3/c23-22(27-16-25-15-26-27)21(28)18-6-10-20(11-7-18)30-13-3-1-2-12-29-19-8-4-17(14-24)5-9-19/h4-11,15-16,22H,1-3,12-13H2. The van der Waals surface area contributed by atoms with Crippen LogP contribution in [0.3, 0.4) is 0 Å². The van der Waals surface area contributed by atoms with Gasteiger partial charge in [0.2, 0.25) is 0 Å². The van der Waals surface area contributed by atoms with Crippen molar-refractivity contribution in [2.45, 2.75) is 24.2 Å². The van der Waals surface area contributed by atoms with Gasteiger partial charge in [0.1, 0.15) is 24.2 Å². The number of ether oxygens (including phenoxy) is 2. The monoisotopic (exact) mass is 468 g/mol. The summed E-state index contributed by atoms with van der Waals surface area (Å²) in [6.07, 6.45) is 5.69. The lowest BCUT2D eigenvalue weighted by molar-refractivity contribution is 0.0965. The van der Waals surface area contributed by atoms with Gasteiger partial charge < -0.3 is 9.47 Å². The zero-order chi connectivity index (χ0) is 21.2. The largest absolute Gasteiger partial charge is 0.494 e. The molecule has 1 aromatic heterocycles. The highest BCUT2D eigenvalue weighted by Crippen LogP contribution is 2.21. The van der Waals surface area contributed by atoms with Crippen LogP contribution in [0.25, 0.3) is 0 Å². The van der Waals surface area contributed by atoms with Gasteiger partial charge in [0, 0.05) is 5.56 Å². The molecule has 154 valence electrons. The van der Waals surface area contributed by atoms with E-state index in [1.165, 1.54) is 17.3 Å². The van der Waals surface area contributed by atoms with Crippen LogP contribution in [0.5, 0.6) is 11.5 Å². The molecule has 7 nitrogen and oxygen atoms in total. The molecule has 0 N–H and O–H groups in total. The average molecular weight is 469 g/mol. The van der Waals surface area contributed by atoms with Crippen molar-refractivity contribution in [3.05, 3.63) is 72.3 Å². The summed E-state index contributed by atoms with van der Waals surface area (Å²) in [5, 5.41) is 12.7. The molecule has 3 aromatic rings. The van der Waals surface area contributed by atoms with Crippen molar-refractivity contribution >= 4 is 21.7 Å². The third kappa shape index (κ3) is 6.16. The Hall–Kier alpha value is -3.18. The lowest BCUT2D eigenvalue weighted by atomic mass is 10.1. The van der Waals surface area contributed by atoms with E-state index in [9.17, 15) is 4.79 Å². The maximum atomic E-state index is 12.4. The minimum absolute atomic E-state index is 0.102. The molecule has 30 heavy (non-hydrogen) atoms. The number of carbonyl (C=O) groups excluding carboxylic acids is 1. The van der Waals surface area contributed by atoms with Crippen LogP contribution in [0, 0.1) is 11.3 Å². The Bertz CT molecular complexity index is 967. The van der Waals surface area contributed by atoms with Crippen molar-refractivity contribution in [1.82, 2.24) is 14.8 Å². The molecule has 0 bridgehead atoms. The van der Waals surface area contributed by atoms with E-state index >= 15 is 0 Å². The molecule has 3 rings (SSSR count). The van der Waals surface area contributed by atoms with E-state index in [1.54, 1.807) is 48.5 Å². The van der Waals surface area contributed by atoms with Gasteiger partial charge >= 0.3 is 0 Å². The fourth-order valence-corrected chi connectivity index (χ4v) is 3.17. The van der Waals surface area contributed by atoms with E-state index in [0.717, 1.165) is 30.8 Å². The van der Waals surface area contributed by atoms with Crippen LogP contribution in [0.1, 0.15) is 40.1 Å². The molecule has 8 heteroatoms. The predicted octanol–water partition coefficient (Wildman–Crippen LogP) is 4.55. The number of hydrogen-bond acceptors (Lipinski definition) is 6.